The fourth-order valence-corrected chi connectivity index (χ4v) is 1.75. The van der Waals surface area contributed by atoms with Gasteiger partial charge in [-0.1, -0.05) is 25.1 Å². The molecule has 4 nitrogen and oxygen atoms in total. The molecule has 1 aromatic rings. The summed E-state index contributed by atoms with van der Waals surface area (Å²) in [5.74, 6) is -0.842. The van der Waals surface area contributed by atoms with Crippen LogP contribution in [0, 0.1) is 5.82 Å². The third-order valence-corrected chi connectivity index (χ3v) is 2.61. The van der Waals surface area contributed by atoms with Gasteiger partial charge >= 0.3 is 6.03 Å². The molecule has 18 heavy (non-hydrogen) atoms. The number of hydrogen-bond donors (Lipinski definition) is 1. The Morgan fingerprint density at radius 1 is 1.33 bits per heavy atom. The number of amides is 3. The predicted octanol–water partition coefficient (Wildman–Crippen LogP) is 2.13. The van der Waals surface area contributed by atoms with Gasteiger partial charge < -0.3 is 5.32 Å². The number of carbonyl (C=O) groups is 2. The monoisotopic (exact) mass is 248 g/mol. The molecule has 0 atom stereocenters. The normalized spacial score (nSPS) is 17.4. The van der Waals surface area contributed by atoms with Crippen LogP contribution in [0.5, 0.6) is 0 Å². The van der Waals surface area contributed by atoms with Gasteiger partial charge in [0.05, 0.1) is 0 Å². The van der Waals surface area contributed by atoms with E-state index in [1.165, 1.54) is 12.1 Å². The van der Waals surface area contributed by atoms with Crippen LogP contribution in [0.15, 0.2) is 30.0 Å². The van der Waals surface area contributed by atoms with Crippen molar-refractivity contribution in [2.45, 2.75) is 13.3 Å². The minimum atomic E-state index is -0.454. The fraction of sp³-hybridized carbons (Fsp3) is 0.231. The first-order valence-electron chi connectivity index (χ1n) is 5.72. The zero-order valence-electron chi connectivity index (χ0n) is 9.94. The highest BCUT2D eigenvalue weighted by Gasteiger charge is 2.32. The van der Waals surface area contributed by atoms with Crippen LogP contribution in [0.2, 0.25) is 0 Å². The van der Waals surface area contributed by atoms with Gasteiger partial charge in [-0.3, -0.25) is 9.69 Å². The van der Waals surface area contributed by atoms with E-state index in [0.29, 0.717) is 13.0 Å². The van der Waals surface area contributed by atoms with Gasteiger partial charge in [-0.05, 0) is 18.6 Å². The molecule has 94 valence electrons. The van der Waals surface area contributed by atoms with E-state index >= 15 is 0 Å². The van der Waals surface area contributed by atoms with Crippen LogP contribution >= 0.6 is 0 Å². The summed E-state index contributed by atoms with van der Waals surface area (Å²) in [5.41, 5.74) is 0.387. The van der Waals surface area contributed by atoms with E-state index in [2.05, 4.69) is 5.32 Å². The number of hydrogen-bond acceptors (Lipinski definition) is 2. The average Bonchev–Trinajstić information content (AvgIpc) is 2.60. The molecule has 0 bridgehead atoms. The quantitative estimate of drug-likeness (QED) is 0.658. The van der Waals surface area contributed by atoms with Crippen LogP contribution in [0.1, 0.15) is 18.9 Å². The molecule has 2 rings (SSSR count). The SMILES string of the molecule is CCCN1C(=O)N/C(=C/c2ccccc2F)C1=O. The first-order chi connectivity index (χ1) is 8.63. The van der Waals surface area contributed by atoms with Crippen LogP contribution in [0.3, 0.4) is 0 Å². The van der Waals surface area contributed by atoms with Gasteiger partial charge in [0.15, 0.2) is 0 Å². The molecule has 0 aromatic heterocycles. The van der Waals surface area contributed by atoms with E-state index in [4.69, 9.17) is 0 Å². The Bertz CT molecular complexity index is 525. The maximum absolute atomic E-state index is 13.4. The first kappa shape index (κ1) is 12.3. The van der Waals surface area contributed by atoms with E-state index in [-0.39, 0.29) is 11.3 Å². The van der Waals surface area contributed by atoms with Crippen molar-refractivity contribution in [2.24, 2.45) is 0 Å². The van der Waals surface area contributed by atoms with E-state index in [9.17, 15) is 14.0 Å². The molecule has 5 heteroatoms. The predicted molar refractivity (Wildman–Crippen MR) is 64.9 cm³/mol. The lowest BCUT2D eigenvalue weighted by atomic mass is 10.2. The lowest BCUT2D eigenvalue weighted by Gasteiger charge is -2.08. The molecular formula is C13H13FN2O2. The maximum atomic E-state index is 13.4. The van der Waals surface area contributed by atoms with Gasteiger partial charge in [-0.2, -0.15) is 0 Å². The number of benzene rings is 1. The van der Waals surface area contributed by atoms with E-state index in [1.54, 1.807) is 18.2 Å². The van der Waals surface area contributed by atoms with Crippen molar-refractivity contribution in [1.29, 1.82) is 0 Å². The zero-order chi connectivity index (χ0) is 13.1. The topological polar surface area (TPSA) is 49.4 Å². The Morgan fingerprint density at radius 3 is 2.72 bits per heavy atom. The second-order valence-corrected chi connectivity index (χ2v) is 3.97. The maximum Gasteiger partial charge on any atom is 0.329 e. The Kier molecular flexibility index (Phi) is 3.41. The van der Waals surface area contributed by atoms with Gasteiger partial charge in [0.2, 0.25) is 0 Å². The molecule has 0 unspecified atom stereocenters. The molecule has 1 saturated heterocycles. The van der Waals surface area contributed by atoms with Gasteiger partial charge in [0.25, 0.3) is 5.91 Å². The lowest BCUT2D eigenvalue weighted by molar-refractivity contribution is -0.122. The number of halogens is 1. The standard InChI is InChI=1S/C13H13FN2O2/c1-2-7-16-12(17)11(15-13(16)18)8-9-5-3-4-6-10(9)14/h3-6,8H,2,7H2,1H3,(H,15,18)/b11-8+. The van der Waals surface area contributed by atoms with E-state index in [1.807, 2.05) is 6.92 Å². The first-order valence-corrected chi connectivity index (χ1v) is 5.72. The number of carbonyl (C=O) groups excluding carboxylic acids is 2. The average molecular weight is 248 g/mol. The summed E-state index contributed by atoms with van der Waals surface area (Å²) in [5, 5.41) is 2.45. The third kappa shape index (κ3) is 2.25. The highest BCUT2D eigenvalue weighted by Crippen LogP contribution is 2.16. The molecule has 1 aromatic carbocycles. The van der Waals surface area contributed by atoms with Crippen LogP contribution < -0.4 is 5.32 Å². The second-order valence-electron chi connectivity index (χ2n) is 3.97. The largest absolute Gasteiger partial charge is 0.329 e. The summed E-state index contributed by atoms with van der Waals surface area (Å²) in [6, 6.07) is 5.63. The van der Waals surface area contributed by atoms with Gasteiger partial charge in [-0.25, -0.2) is 9.18 Å². The minimum Gasteiger partial charge on any atom is -0.303 e. The summed E-state index contributed by atoms with van der Waals surface area (Å²) < 4.78 is 13.4. The van der Waals surface area contributed by atoms with Crippen molar-refractivity contribution in [3.63, 3.8) is 0 Å². The Hall–Kier alpha value is -2.17. The smallest absolute Gasteiger partial charge is 0.303 e. The summed E-state index contributed by atoms with van der Waals surface area (Å²) in [4.78, 5) is 24.5. The molecule has 0 spiro atoms. The van der Waals surface area contributed by atoms with Gasteiger partial charge in [-0.15, -0.1) is 0 Å². The highest BCUT2D eigenvalue weighted by molar-refractivity contribution is 6.13. The number of imide groups is 1. The molecular weight excluding hydrogens is 235 g/mol. The summed E-state index contributed by atoms with van der Waals surface area (Å²) >= 11 is 0. The van der Waals surface area contributed by atoms with Crippen LogP contribution in [-0.2, 0) is 4.79 Å². The Balaban J connectivity index is 2.28. The van der Waals surface area contributed by atoms with Crippen LogP contribution in [0.4, 0.5) is 9.18 Å². The Morgan fingerprint density at radius 2 is 2.06 bits per heavy atom. The fourth-order valence-electron chi connectivity index (χ4n) is 1.75. The van der Waals surface area contributed by atoms with Crippen LogP contribution in [-0.4, -0.2) is 23.4 Å². The molecule has 0 saturated carbocycles. The van der Waals surface area contributed by atoms with E-state index < -0.39 is 17.8 Å². The van der Waals surface area contributed by atoms with Crippen molar-refractivity contribution in [1.82, 2.24) is 10.2 Å². The van der Waals surface area contributed by atoms with Crippen molar-refractivity contribution >= 4 is 18.0 Å². The van der Waals surface area contributed by atoms with Crippen molar-refractivity contribution < 1.29 is 14.0 Å². The number of rotatable bonds is 3. The van der Waals surface area contributed by atoms with Gasteiger partial charge in [0.1, 0.15) is 11.5 Å². The van der Waals surface area contributed by atoms with Crippen molar-refractivity contribution in [2.75, 3.05) is 6.54 Å². The third-order valence-electron chi connectivity index (χ3n) is 2.61. The second kappa shape index (κ2) is 5.00. The zero-order valence-corrected chi connectivity index (χ0v) is 9.94. The van der Waals surface area contributed by atoms with Crippen molar-refractivity contribution in [3.8, 4) is 0 Å². The minimum absolute atomic E-state index is 0.110. The molecule has 1 fully saturated rings. The summed E-state index contributed by atoms with van der Waals surface area (Å²) in [6.45, 7) is 2.23. The Labute approximate surface area is 104 Å². The number of urea groups is 1. The number of nitrogens with one attached hydrogen (secondary N) is 1. The van der Waals surface area contributed by atoms with Crippen LogP contribution in [0.25, 0.3) is 6.08 Å². The van der Waals surface area contributed by atoms with Gasteiger partial charge in [0, 0.05) is 12.1 Å². The molecule has 1 N–H and O–H groups in total. The molecule has 1 aliphatic rings. The number of nitrogens with zero attached hydrogens (tertiary/aromatic N) is 1. The van der Waals surface area contributed by atoms with E-state index in [0.717, 1.165) is 4.90 Å². The molecule has 1 heterocycles. The molecule has 0 aliphatic carbocycles. The molecule has 0 radical (unpaired) electrons. The highest BCUT2D eigenvalue weighted by atomic mass is 19.1. The lowest BCUT2D eigenvalue weighted by Crippen LogP contribution is -2.31. The molecule has 1 aliphatic heterocycles. The molecule has 3 amide bonds. The summed E-state index contributed by atoms with van der Waals surface area (Å²) in [7, 11) is 0. The van der Waals surface area contributed by atoms with Crippen molar-refractivity contribution in [3.05, 3.63) is 41.3 Å². The summed E-state index contributed by atoms with van der Waals surface area (Å²) in [6.07, 6.45) is 2.04.